The van der Waals surface area contributed by atoms with Crippen LogP contribution in [0, 0.1) is 0 Å². The molecule has 4 atom stereocenters. The molecule has 4 rings (SSSR count). The Morgan fingerprint density at radius 2 is 2.23 bits per heavy atom. The number of nitrogens with one attached hydrogen (secondary N) is 1. The summed E-state index contributed by atoms with van der Waals surface area (Å²) in [6.45, 7) is -0.446. The van der Waals surface area contributed by atoms with Crippen LogP contribution in [-0.4, -0.2) is 54.8 Å². The Morgan fingerprint density at radius 3 is 2.95 bits per heavy atom. The highest BCUT2D eigenvalue weighted by Crippen LogP contribution is 2.31. The normalized spacial score (nSPS) is 28.9. The number of fused-ring (bicyclic) bond motifs is 3. The Labute approximate surface area is 127 Å². The molecule has 116 valence electrons. The number of aromatic nitrogens is 3. The summed E-state index contributed by atoms with van der Waals surface area (Å²) < 4.78 is 7.49. The average molecular weight is 323 g/mol. The second-order valence-electron chi connectivity index (χ2n) is 5.21. The lowest BCUT2D eigenvalue weighted by atomic mass is 10.1. The summed E-state index contributed by atoms with van der Waals surface area (Å²) in [6, 6.07) is 1.89. The molecule has 22 heavy (non-hydrogen) atoms. The van der Waals surface area contributed by atoms with Gasteiger partial charge < -0.3 is 25.0 Å². The van der Waals surface area contributed by atoms with Crippen molar-refractivity contribution in [3.63, 3.8) is 0 Å². The van der Waals surface area contributed by atoms with Gasteiger partial charge in [0, 0.05) is 6.20 Å². The molecule has 9 heteroatoms. The van der Waals surface area contributed by atoms with Crippen LogP contribution in [0.2, 0.25) is 0 Å². The molecule has 8 nitrogen and oxygen atoms in total. The van der Waals surface area contributed by atoms with Crippen LogP contribution in [0.5, 0.6) is 0 Å². The maximum Gasteiger partial charge on any atom is 0.351 e. The van der Waals surface area contributed by atoms with E-state index in [1.165, 1.54) is 11.3 Å². The first-order valence-corrected chi connectivity index (χ1v) is 7.58. The van der Waals surface area contributed by atoms with Crippen LogP contribution in [0.1, 0.15) is 6.23 Å². The van der Waals surface area contributed by atoms with Crippen LogP contribution in [0.25, 0.3) is 21.3 Å². The number of hydrogen-bond donors (Lipinski definition) is 4. The number of aromatic amines is 1. The second kappa shape index (κ2) is 4.86. The van der Waals surface area contributed by atoms with E-state index in [-0.39, 0.29) is 0 Å². The van der Waals surface area contributed by atoms with Gasteiger partial charge in [-0.05, 0) is 11.4 Å². The van der Waals surface area contributed by atoms with E-state index in [4.69, 9.17) is 9.84 Å². The van der Waals surface area contributed by atoms with Crippen LogP contribution >= 0.6 is 11.3 Å². The molecule has 0 bridgehead atoms. The van der Waals surface area contributed by atoms with E-state index in [2.05, 4.69) is 9.97 Å². The second-order valence-corrected chi connectivity index (χ2v) is 6.13. The molecule has 0 unspecified atom stereocenters. The van der Waals surface area contributed by atoms with E-state index in [1.54, 1.807) is 6.20 Å². The lowest BCUT2D eigenvalue weighted by Crippen LogP contribution is -2.35. The Hall–Kier alpha value is -1.78. The predicted molar refractivity (Wildman–Crippen MR) is 78.7 cm³/mol. The summed E-state index contributed by atoms with van der Waals surface area (Å²) in [5.41, 5.74) is 0.747. The summed E-state index contributed by atoms with van der Waals surface area (Å²) in [4.78, 5) is 19.2. The van der Waals surface area contributed by atoms with E-state index in [0.717, 1.165) is 20.2 Å². The van der Waals surface area contributed by atoms with E-state index < -0.39 is 36.8 Å². The molecule has 0 amide bonds. The minimum absolute atomic E-state index is 0.446. The summed E-state index contributed by atoms with van der Waals surface area (Å²) in [6.07, 6.45) is -3.03. The maximum absolute atomic E-state index is 12.2. The first-order valence-electron chi connectivity index (χ1n) is 6.70. The zero-order valence-corrected chi connectivity index (χ0v) is 12.0. The number of aliphatic hydroxyl groups is 3. The van der Waals surface area contributed by atoms with E-state index in [9.17, 15) is 15.0 Å². The van der Waals surface area contributed by atoms with Crippen molar-refractivity contribution < 1.29 is 20.1 Å². The minimum atomic E-state index is -1.31. The van der Waals surface area contributed by atoms with Crippen LogP contribution in [0.3, 0.4) is 0 Å². The number of aliphatic hydroxyl groups excluding tert-OH is 3. The molecule has 1 saturated heterocycles. The Morgan fingerprint density at radius 1 is 1.41 bits per heavy atom. The lowest BCUT2D eigenvalue weighted by Gasteiger charge is -2.16. The van der Waals surface area contributed by atoms with E-state index in [1.807, 2.05) is 11.4 Å². The Balaban J connectivity index is 1.87. The van der Waals surface area contributed by atoms with E-state index >= 15 is 0 Å². The molecule has 0 radical (unpaired) electrons. The molecular weight excluding hydrogens is 310 g/mol. The van der Waals surface area contributed by atoms with Gasteiger partial charge in [0.05, 0.1) is 22.2 Å². The molecule has 0 aliphatic carbocycles. The quantitative estimate of drug-likeness (QED) is 0.507. The molecule has 0 spiro atoms. The van der Waals surface area contributed by atoms with Crippen molar-refractivity contribution in [1.29, 1.82) is 0 Å². The minimum Gasteiger partial charge on any atom is -0.394 e. The number of nitrogens with zero attached hydrogens (tertiary/aromatic N) is 2. The Kier molecular flexibility index (Phi) is 3.06. The molecule has 0 saturated carbocycles. The number of rotatable bonds is 2. The Bertz CT molecular complexity index is 900. The zero-order valence-electron chi connectivity index (χ0n) is 11.2. The molecule has 0 aromatic carbocycles. The first kappa shape index (κ1) is 13.9. The van der Waals surface area contributed by atoms with Crippen molar-refractivity contribution in [2.75, 3.05) is 6.61 Å². The number of thiophene rings is 1. The fraction of sp³-hybridized carbons (Fsp3) is 0.385. The summed E-state index contributed by atoms with van der Waals surface area (Å²) >= 11 is 1.51. The van der Waals surface area contributed by atoms with Gasteiger partial charge in [-0.2, -0.15) is 4.98 Å². The molecule has 3 aromatic heterocycles. The topological polar surface area (TPSA) is 121 Å². The van der Waals surface area contributed by atoms with Crippen molar-refractivity contribution in [3.8, 4) is 0 Å². The predicted octanol–water partition coefficient (Wildman–Crippen LogP) is -0.449. The number of ether oxygens (including phenoxy) is 1. The molecule has 1 aliphatic heterocycles. The molecule has 4 N–H and O–H groups in total. The van der Waals surface area contributed by atoms with Gasteiger partial charge in [0.15, 0.2) is 6.23 Å². The third kappa shape index (κ3) is 1.84. The van der Waals surface area contributed by atoms with E-state index in [0.29, 0.717) is 5.65 Å². The molecule has 3 aromatic rings. The zero-order chi connectivity index (χ0) is 15.4. The third-order valence-corrected chi connectivity index (χ3v) is 4.85. The van der Waals surface area contributed by atoms with Crippen molar-refractivity contribution in [2.45, 2.75) is 24.5 Å². The highest BCUT2D eigenvalue weighted by atomic mass is 32.1. The highest BCUT2D eigenvalue weighted by molar-refractivity contribution is 7.18. The highest BCUT2D eigenvalue weighted by Gasteiger charge is 2.43. The van der Waals surface area contributed by atoms with Gasteiger partial charge in [-0.3, -0.25) is 4.57 Å². The SMILES string of the molecule is O=c1nc2[nH]c3ccsc3c2cn1[C@@H]1O[C@H](CO)[C@@H](O)[C@H]1O. The molecule has 1 aliphatic rings. The maximum atomic E-state index is 12.2. The molecule has 4 heterocycles. The number of hydrogen-bond acceptors (Lipinski definition) is 7. The standard InChI is InChI=1S/C13H13N3O5S/c17-4-7-8(18)9(19)12(21-7)16-3-5-10-6(1-2-22-10)14-11(5)15-13(16)20/h1-3,7-9,12,17-19H,4H2,(H,14,15,20)/t7-,8-,9-,12-/m1/s1. The van der Waals surface area contributed by atoms with Gasteiger partial charge >= 0.3 is 5.69 Å². The average Bonchev–Trinajstić information content (AvgIpc) is 3.14. The summed E-state index contributed by atoms with van der Waals surface area (Å²) in [7, 11) is 0. The van der Waals surface area contributed by atoms with Gasteiger partial charge in [0.2, 0.25) is 0 Å². The van der Waals surface area contributed by atoms with Crippen LogP contribution in [0.4, 0.5) is 0 Å². The van der Waals surface area contributed by atoms with Crippen molar-refractivity contribution in [2.24, 2.45) is 0 Å². The summed E-state index contributed by atoms with van der Waals surface area (Å²) in [5, 5.41) is 31.7. The lowest BCUT2D eigenvalue weighted by molar-refractivity contribution is -0.0547. The molecular formula is C13H13N3O5S. The number of H-pyrrole nitrogens is 1. The van der Waals surface area contributed by atoms with Crippen LogP contribution in [0.15, 0.2) is 22.4 Å². The third-order valence-electron chi connectivity index (χ3n) is 3.91. The van der Waals surface area contributed by atoms with Crippen LogP contribution in [-0.2, 0) is 4.74 Å². The monoisotopic (exact) mass is 323 g/mol. The molecule has 1 fully saturated rings. The smallest absolute Gasteiger partial charge is 0.351 e. The van der Waals surface area contributed by atoms with Crippen molar-refractivity contribution in [3.05, 3.63) is 28.1 Å². The van der Waals surface area contributed by atoms with Crippen molar-refractivity contribution in [1.82, 2.24) is 14.5 Å². The van der Waals surface area contributed by atoms with Crippen molar-refractivity contribution >= 4 is 32.6 Å². The van der Waals surface area contributed by atoms with Gasteiger partial charge in [0.25, 0.3) is 0 Å². The first-order chi connectivity index (χ1) is 10.6. The van der Waals surface area contributed by atoms with Gasteiger partial charge in [-0.1, -0.05) is 0 Å². The summed E-state index contributed by atoms with van der Waals surface area (Å²) in [5.74, 6) is 0. The van der Waals surface area contributed by atoms with Gasteiger partial charge in [0.1, 0.15) is 24.0 Å². The van der Waals surface area contributed by atoms with Gasteiger partial charge in [-0.25, -0.2) is 4.79 Å². The fourth-order valence-corrected chi connectivity index (χ4v) is 3.63. The fourth-order valence-electron chi connectivity index (χ4n) is 2.77. The largest absolute Gasteiger partial charge is 0.394 e. The van der Waals surface area contributed by atoms with Crippen LogP contribution < -0.4 is 5.69 Å². The van der Waals surface area contributed by atoms with Gasteiger partial charge in [-0.15, -0.1) is 11.3 Å².